The van der Waals surface area contributed by atoms with Crippen LogP contribution in [0.1, 0.15) is 34.8 Å². The lowest BCUT2D eigenvalue weighted by atomic mass is 10.2. The van der Waals surface area contributed by atoms with E-state index in [1.165, 1.54) is 24.0 Å². The first-order valence-electron chi connectivity index (χ1n) is 10.8. The highest BCUT2D eigenvalue weighted by molar-refractivity contribution is 6.30. The second-order valence-electron chi connectivity index (χ2n) is 7.75. The Kier molecular flexibility index (Phi) is 7.66. The summed E-state index contributed by atoms with van der Waals surface area (Å²) >= 11 is 6.03. The number of alkyl halides is 3. The molecule has 0 fully saturated rings. The molecule has 0 radical (unpaired) electrons. The van der Waals surface area contributed by atoms with Gasteiger partial charge in [-0.3, -0.25) is 10.1 Å². The second-order valence-corrected chi connectivity index (χ2v) is 8.11. The quantitative estimate of drug-likeness (QED) is 0.255. The molecule has 2 amide bonds. The number of ether oxygens (including phenoxy) is 1. The topological polar surface area (TPSA) is 150 Å². The van der Waals surface area contributed by atoms with Gasteiger partial charge in [-0.15, -0.1) is 5.10 Å². The molecule has 0 saturated heterocycles. The molecule has 12 nitrogen and oxygen atoms in total. The molecule has 17 heteroatoms. The van der Waals surface area contributed by atoms with Gasteiger partial charge in [0.05, 0.1) is 16.9 Å². The largest absolute Gasteiger partial charge is 0.451 e. The van der Waals surface area contributed by atoms with E-state index in [0.717, 1.165) is 6.07 Å². The molecule has 0 spiro atoms. The monoisotopic (exact) mass is 565 g/mol. The lowest BCUT2D eigenvalue weighted by Gasteiger charge is -2.15. The van der Waals surface area contributed by atoms with Gasteiger partial charge in [-0.05, 0) is 25.1 Å². The number of halogens is 5. The van der Waals surface area contributed by atoms with E-state index in [1.807, 2.05) is 0 Å². The minimum absolute atomic E-state index is 0.0190. The summed E-state index contributed by atoms with van der Waals surface area (Å²) in [7, 11) is 1.46. The summed E-state index contributed by atoms with van der Waals surface area (Å²) in [4.78, 5) is 38.7. The molecule has 2 N–H and O–H groups in total. The number of carbonyl (C=O) groups excluding carboxylic acids is 2. The van der Waals surface area contributed by atoms with Crippen molar-refractivity contribution in [3.8, 4) is 11.4 Å². The van der Waals surface area contributed by atoms with Crippen LogP contribution in [0.3, 0.4) is 0 Å². The highest BCUT2D eigenvalue weighted by atomic mass is 35.5. The predicted molar refractivity (Wildman–Crippen MR) is 127 cm³/mol. The first kappa shape index (κ1) is 27.3. The van der Waals surface area contributed by atoms with E-state index in [4.69, 9.17) is 16.3 Å². The van der Waals surface area contributed by atoms with Crippen molar-refractivity contribution in [3.05, 3.63) is 70.9 Å². The summed E-state index contributed by atoms with van der Waals surface area (Å²) in [6, 6.07) is 5.69. The van der Waals surface area contributed by atoms with Crippen molar-refractivity contribution in [2.24, 2.45) is 7.05 Å². The van der Waals surface area contributed by atoms with E-state index in [9.17, 15) is 27.2 Å². The zero-order valence-electron chi connectivity index (χ0n) is 19.9. The number of aromatic nitrogens is 7. The Morgan fingerprint density at radius 1 is 1.10 bits per heavy atom. The van der Waals surface area contributed by atoms with Crippen LogP contribution in [-0.4, -0.2) is 46.9 Å². The van der Waals surface area contributed by atoms with Crippen molar-refractivity contribution in [2.45, 2.75) is 19.2 Å². The molecule has 0 unspecified atom stereocenters. The zero-order valence-corrected chi connectivity index (χ0v) is 20.6. The van der Waals surface area contributed by atoms with Crippen LogP contribution in [0.2, 0.25) is 5.15 Å². The van der Waals surface area contributed by atoms with Crippen LogP contribution in [0, 0.1) is 5.95 Å². The van der Waals surface area contributed by atoms with Crippen LogP contribution in [0.15, 0.2) is 42.9 Å². The van der Waals surface area contributed by atoms with E-state index in [2.05, 4.69) is 40.9 Å². The van der Waals surface area contributed by atoms with E-state index in [0.29, 0.717) is 18.0 Å². The molecule has 0 aliphatic heterocycles. The van der Waals surface area contributed by atoms with Gasteiger partial charge >= 0.3 is 12.3 Å². The molecule has 4 aromatic rings. The van der Waals surface area contributed by atoms with Crippen LogP contribution in [0.4, 0.5) is 33.9 Å². The molecule has 0 aromatic carbocycles. The second kappa shape index (κ2) is 10.9. The van der Waals surface area contributed by atoms with Crippen molar-refractivity contribution >= 4 is 35.1 Å². The highest BCUT2D eigenvalue weighted by Gasteiger charge is 2.34. The van der Waals surface area contributed by atoms with Crippen LogP contribution < -0.4 is 10.6 Å². The molecule has 39 heavy (non-hydrogen) atoms. The standard InChI is InChI=1S/C22H16ClF4N9O3/c1-10(12-4-3-7-28-16(12)23)39-21(38)33-18-15(34-35-36(18)2)13-5-6-14(17(24)31-13)32-19(37)11-8-29-20(30-9-11)22(25,26)27/h3-10H,1-2H3,(H,32,37)(H,33,38)/t10-/m1/s1. The number of rotatable bonds is 6. The van der Waals surface area contributed by atoms with Gasteiger partial charge < -0.3 is 10.1 Å². The maximum Gasteiger partial charge on any atom is 0.451 e. The van der Waals surface area contributed by atoms with Gasteiger partial charge in [-0.25, -0.2) is 29.4 Å². The van der Waals surface area contributed by atoms with Gasteiger partial charge in [-0.1, -0.05) is 22.9 Å². The molecular weight excluding hydrogens is 550 g/mol. The van der Waals surface area contributed by atoms with E-state index in [1.54, 1.807) is 19.1 Å². The molecule has 4 rings (SSSR count). The van der Waals surface area contributed by atoms with E-state index < -0.39 is 36.1 Å². The van der Waals surface area contributed by atoms with Crippen molar-refractivity contribution in [2.75, 3.05) is 10.6 Å². The Hall–Kier alpha value is -4.73. The number of aryl methyl sites for hydroxylation is 1. The van der Waals surface area contributed by atoms with Gasteiger partial charge in [0.15, 0.2) is 11.5 Å². The smallest absolute Gasteiger partial charge is 0.441 e. The number of hydrogen-bond donors (Lipinski definition) is 2. The van der Waals surface area contributed by atoms with Crippen molar-refractivity contribution in [1.82, 2.24) is 34.9 Å². The minimum atomic E-state index is -4.78. The van der Waals surface area contributed by atoms with Crippen LogP contribution >= 0.6 is 11.6 Å². The predicted octanol–water partition coefficient (Wildman–Crippen LogP) is 4.44. The SMILES string of the molecule is C[C@@H](OC(=O)Nc1c(-c2ccc(NC(=O)c3cnc(C(F)(F)F)nc3)c(F)n2)nnn1C)c1cccnc1Cl. The Bertz CT molecular complexity index is 1530. The average molecular weight is 566 g/mol. The third-order valence-corrected chi connectivity index (χ3v) is 5.38. The van der Waals surface area contributed by atoms with Crippen LogP contribution in [-0.2, 0) is 18.0 Å². The average Bonchev–Trinajstić information content (AvgIpc) is 3.24. The number of pyridine rings is 2. The number of carbonyl (C=O) groups is 2. The van der Waals surface area contributed by atoms with Crippen molar-refractivity contribution in [3.63, 3.8) is 0 Å². The molecular formula is C22H16ClF4N9O3. The van der Waals surface area contributed by atoms with Crippen molar-refractivity contribution < 1.29 is 31.9 Å². The number of hydrogen-bond acceptors (Lipinski definition) is 9. The van der Waals surface area contributed by atoms with Crippen molar-refractivity contribution in [1.29, 1.82) is 0 Å². The molecule has 4 aromatic heterocycles. The zero-order chi connectivity index (χ0) is 28.3. The number of nitrogens with one attached hydrogen (secondary N) is 2. The van der Waals surface area contributed by atoms with Crippen LogP contribution in [0.25, 0.3) is 11.4 Å². The molecule has 0 saturated carbocycles. The maximum atomic E-state index is 14.7. The molecule has 0 bridgehead atoms. The summed E-state index contributed by atoms with van der Waals surface area (Å²) in [6.07, 6.45) is -3.63. The third kappa shape index (κ3) is 6.23. The molecule has 0 aliphatic carbocycles. The summed E-state index contributed by atoms with van der Waals surface area (Å²) in [6.45, 7) is 1.59. The van der Waals surface area contributed by atoms with Gasteiger partial charge in [0.2, 0.25) is 11.8 Å². The Morgan fingerprint density at radius 3 is 2.46 bits per heavy atom. The molecule has 1 atom stereocenters. The van der Waals surface area contributed by atoms with Crippen LogP contribution in [0.5, 0.6) is 0 Å². The Balaban J connectivity index is 1.47. The Labute approximate surface area is 221 Å². The van der Waals surface area contributed by atoms with Gasteiger partial charge in [-0.2, -0.15) is 17.6 Å². The molecule has 0 aliphatic rings. The normalized spacial score (nSPS) is 12.1. The fraction of sp³-hybridized carbons (Fsp3) is 0.182. The minimum Gasteiger partial charge on any atom is -0.441 e. The lowest BCUT2D eigenvalue weighted by Crippen LogP contribution is -2.19. The maximum absolute atomic E-state index is 14.7. The van der Waals surface area contributed by atoms with Gasteiger partial charge in [0, 0.05) is 31.2 Å². The third-order valence-electron chi connectivity index (χ3n) is 5.06. The van der Waals surface area contributed by atoms with Gasteiger partial charge in [0.25, 0.3) is 5.91 Å². The number of nitrogens with zero attached hydrogens (tertiary/aromatic N) is 7. The molecule has 4 heterocycles. The van der Waals surface area contributed by atoms with E-state index >= 15 is 0 Å². The first-order valence-corrected chi connectivity index (χ1v) is 11.2. The number of anilines is 2. The Morgan fingerprint density at radius 2 is 1.82 bits per heavy atom. The number of amides is 2. The van der Waals surface area contributed by atoms with Gasteiger partial charge in [0.1, 0.15) is 11.3 Å². The summed E-state index contributed by atoms with van der Waals surface area (Å²) in [5.74, 6) is -3.52. The van der Waals surface area contributed by atoms with E-state index in [-0.39, 0.29) is 33.6 Å². The first-order chi connectivity index (χ1) is 18.4. The molecule has 202 valence electrons. The summed E-state index contributed by atoms with van der Waals surface area (Å²) in [5, 5.41) is 12.5. The fourth-order valence-corrected chi connectivity index (χ4v) is 3.44. The lowest BCUT2D eigenvalue weighted by molar-refractivity contribution is -0.145. The summed E-state index contributed by atoms with van der Waals surface area (Å²) < 4.78 is 59.1. The summed E-state index contributed by atoms with van der Waals surface area (Å²) in [5.41, 5.74) is -0.331. The highest BCUT2D eigenvalue weighted by Crippen LogP contribution is 2.28. The fourth-order valence-electron chi connectivity index (χ4n) is 3.17.